The first kappa shape index (κ1) is 16.1. The minimum absolute atomic E-state index is 0.0786. The molecule has 0 bridgehead atoms. The van der Waals surface area contributed by atoms with Gasteiger partial charge in [-0.05, 0) is 25.5 Å². The van der Waals surface area contributed by atoms with E-state index in [4.69, 9.17) is 4.74 Å². The van der Waals surface area contributed by atoms with Crippen molar-refractivity contribution in [3.63, 3.8) is 0 Å². The summed E-state index contributed by atoms with van der Waals surface area (Å²) in [6.07, 6.45) is 1.27. The van der Waals surface area contributed by atoms with E-state index in [1.54, 1.807) is 31.3 Å². The van der Waals surface area contributed by atoms with Gasteiger partial charge in [-0.15, -0.1) is 0 Å². The van der Waals surface area contributed by atoms with Crippen LogP contribution in [-0.2, 0) is 23.0 Å². The third-order valence-corrected chi connectivity index (χ3v) is 3.72. The lowest BCUT2D eigenvalue weighted by molar-refractivity contribution is -0.147. The summed E-state index contributed by atoms with van der Waals surface area (Å²) in [5.74, 6) is -0.637. The Morgan fingerprint density at radius 1 is 1.36 bits per heavy atom. The molecule has 1 aromatic carbocycles. The molecular weight excluding hydrogens is 282 g/mol. The lowest BCUT2D eigenvalue weighted by atomic mass is 10.1. The van der Waals surface area contributed by atoms with E-state index in [0.717, 1.165) is 12.8 Å². The Labute approximate surface area is 129 Å². The third-order valence-electron chi connectivity index (χ3n) is 3.72. The summed E-state index contributed by atoms with van der Waals surface area (Å²) in [7, 11) is 1.62. The maximum atomic E-state index is 12.3. The highest BCUT2D eigenvalue weighted by atomic mass is 16.5. The van der Waals surface area contributed by atoms with Gasteiger partial charge in [-0.2, -0.15) is 0 Å². The highest BCUT2D eigenvalue weighted by Crippen LogP contribution is 2.26. The first-order valence-electron chi connectivity index (χ1n) is 7.44. The number of carbonyl (C=O) groups excluding carboxylic acids is 1. The number of ether oxygens (including phenoxy) is 1. The molecule has 1 heterocycles. The summed E-state index contributed by atoms with van der Waals surface area (Å²) >= 11 is 0. The van der Waals surface area contributed by atoms with Crippen LogP contribution in [0.5, 0.6) is 5.75 Å². The molecule has 1 N–H and O–H groups in total. The highest BCUT2D eigenvalue weighted by molar-refractivity contribution is 5.87. The van der Waals surface area contributed by atoms with E-state index in [9.17, 15) is 14.7 Å². The molecule has 0 radical (unpaired) electrons. The molecule has 0 spiro atoms. The van der Waals surface area contributed by atoms with Gasteiger partial charge in [0, 0.05) is 12.4 Å². The number of aromatic hydroxyl groups is 1. The molecule has 0 aliphatic rings. The lowest BCUT2D eigenvalue weighted by Crippen LogP contribution is -2.25. The van der Waals surface area contributed by atoms with Crippen molar-refractivity contribution in [1.29, 1.82) is 0 Å². The van der Waals surface area contributed by atoms with Crippen LogP contribution in [0.2, 0.25) is 0 Å². The van der Waals surface area contributed by atoms with Crippen molar-refractivity contribution >= 4 is 16.9 Å². The Kier molecular flexibility index (Phi) is 4.85. The Morgan fingerprint density at radius 3 is 2.73 bits per heavy atom. The molecule has 2 aromatic rings. The second-order valence-electron chi connectivity index (χ2n) is 5.47. The standard InChI is InChI=1S/C17H21NO4/c1-4-7-11(2)22-15(19)10-13-16(20)12-8-5-6-9-14(12)18(3)17(13)21/h5-6,8-9,11,20H,4,7,10H2,1-3H3. The first-order chi connectivity index (χ1) is 10.5. The van der Waals surface area contributed by atoms with Gasteiger partial charge >= 0.3 is 5.97 Å². The number of esters is 1. The van der Waals surface area contributed by atoms with Crippen LogP contribution in [0.25, 0.3) is 10.9 Å². The molecule has 0 saturated carbocycles. The van der Waals surface area contributed by atoms with Crippen molar-refractivity contribution in [2.75, 3.05) is 0 Å². The van der Waals surface area contributed by atoms with E-state index in [2.05, 4.69) is 0 Å². The number of hydrogen-bond donors (Lipinski definition) is 1. The third kappa shape index (κ3) is 3.13. The van der Waals surface area contributed by atoms with Crippen LogP contribution in [0.4, 0.5) is 0 Å². The molecule has 118 valence electrons. The molecule has 0 aliphatic carbocycles. The zero-order chi connectivity index (χ0) is 16.3. The Morgan fingerprint density at radius 2 is 2.05 bits per heavy atom. The summed E-state index contributed by atoms with van der Waals surface area (Å²) in [6.45, 7) is 3.83. The number of rotatable bonds is 5. The number of aryl methyl sites for hydroxylation is 1. The zero-order valence-corrected chi connectivity index (χ0v) is 13.1. The number of hydrogen-bond acceptors (Lipinski definition) is 4. The minimum Gasteiger partial charge on any atom is -0.507 e. The SMILES string of the molecule is CCCC(C)OC(=O)Cc1c(O)c2ccccc2n(C)c1=O. The average Bonchev–Trinajstić information content (AvgIpc) is 2.49. The zero-order valence-electron chi connectivity index (χ0n) is 13.1. The number of aromatic nitrogens is 1. The van der Waals surface area contributed by atoms with Crippen molar-refractivity contribution in [2.24, 2.45) is 7.05 Å². The fraction of sp³-hybridized carbons (Fsp3) is 0.412. The fourth-order valence-corrected chi connectivity index (χ4v) is 2.58. The van der Waals surface area contributed by atoms with E-state index in [1.165, 1.54) is 4.57 Å². The summed E-state index contributed by atoms with van der Waals surface area (Å²) < 4.78 is 6.70. The Bertz CT molecular complexity index is 748. The highest BCUT2D eigenvalue weighted by Gasteiger charge is 2.19. The van der Waals surface area contributed by atoms with Gasteiger partial charge in [0.15, 0.2) is 0 Å². The summed E-state index contributed by atoms with van der Waals surface area (Å²) in [4.78, 5) is 24.3. The molecule has 0 aliphatic heterocycles. The largest absolute Gasteiger partial charge is 0.507 e. The molecule has 22 heavy (non-hydrogen) atoms. The van der Waals surface area contributed by atoms with Crippen LogP contribution in [0.1, 0.15) is 32.3 Å². The molecule has 1 aromatic heterocycles. The molecule has 1 atom stereocenters. The van der Waals surface area contributed by atoms with Crippen molar-refractivity contribution in [3.8, 4) is 5.75 Å². The number of benzene rings is 1. The fourth-order valence-electron chi connectivity index (χ4n) is 2.58. The molecule has 5 nitrogen and oxygen atoms in total. The summed E-state index contributed by atoms with van der Waals surface area (Å²) in [5, 5.41) is 10.9. The molecule has 1 unspecified atom stereocenters. The molecule has 2 rings (SSSR count). The number of carbonyl (C=O) groups is 1. The van der Waals surface area contributed by atoms with E-state index < -0.39 is 5.97 Å². The van der Waals surface area contributed by atoms with Crippen LogP contribution in [0, 0.1) is 0 Å². The number of fused-ring (bicyclic) bond motifs is 1. The van der Waals surface area contributed by atoms with Gasteiger partial charge in [0.1, 0.15) is 5.75 Å². The van der Waals surface area contributed by atoms with Crippen LogP contribution < -0.4 is 5.56 Å². The molecule has 5 heteroatoms. The van der Waals surface area contributed by atoms with Gasteiger partial charge < -0.3 is 14.4 Å². The lowest BCUT2D eigenvalue weighted by Gasteiger charge is -2.14. The van der Waals surface area contributed by atoms with E-state index >= 15 is 0 Å². The second kappa shape index (κ2) is 6.64. The van der Waals surface area contributed by atoms with Crippen LogP contribution in [0.15, 0.2) is 29.1 Å². The van der Waals surface area contributed by atoms with Gasteiger partial charge in [0.05, 0.1) is 23.6 Å². The molecule has 0 amide bonds. The van der Waals surface area contributed by atoms with Gasteiger partial charge in [-0.1, -0.05) is 25.5 Å². The summed E-state index contributed by atoms with van der Waals surface area (Å²) in [5.41, 5.74) is 0.327. The topological polar surface area (TPSA) is 68.5 Å². The van der Waals surface area contributed by atoms with Gasteiger partial charge in [0.25, 0.3) is 5.56 Å². The number of nitrogens with zero attached hydrogens (tertiary/aromatic N) is 1. The molecule has 0 saturated heterocycles. The normalized spacial score (nSPS) is 12.3. The van der Waals surface area contributed by atoms with Crippen LogP contribution in [0.3, 0.4) is 0 Å². The van der Waals surface area contributed by atoms with Crippen LogP contribution >= 0.6 is 0 Å². The number of para-hydroxylation sites is 1. The quantitative estimate of drug-likeness (QED) is 0.862. The average molecular weight is 303 g/mol. The van der Waals surface area contributed by atoms with E-state index in [-0.39, 0.29) is 29.4 Å². The van der Waals surface area contributed by atoms with Crippen molar-refractivity contribution in [1.82, 2.24) is 4.57 Å². The predicted molar refractivity (Wildman–Crippen MR) is 85.0 cm³/mol. The predicted octanol–water partition coefficient (Wildman–Crippen LogP) is 2.52. The minimum atomic E-state index is -0.497. The van der Waals surface area contributed by atoms with E-state index in [1.807, 2.05) is 13.8 Å². The second-order valence-corrected chi connectivity index (χ2v) is 5.47. The summed E-state index contributed by atoms with van der Waals surface area (Å²) in [6, 6.07) is 7.04. The van der Waals surface area contributed by atoms with Crippen LogP contribution in [-0.4, -0.2) is 21.7 Å². The number of pyridine rings is 1. The Hall–Kier alpha value is -2.30. The monoisotopic (exact) mass is 303 g/mol. The van der Waals surface area contributed by atoms with Crippen molar-refractivity contribution < 1.29 is 14.6 Å². The van der Waals surface area contributed by atoms with Crippen molar-refractivity contribution in [2.45, 2.75) is 39.2 Å². The van der Waals surface area contributed by atoms with Gasteiger partial charge in [0.2, 0.25) is 0 Å². The van der Waals surface area contributed by atoms with Gasteiger partial charge in [-0.25, -0.2) is 0 Å². The maximum Gasteiger partial charge on any atom is 0.310 e. The van der Waals surface area contributed by atoms with Crippen molar-refractivity contribution in [3.05, 3.63) is 40.2 Å². The first-order valence-corrected chi connectivity index (χ1v) is 7.44. The molecular formula is C17H21NO4. The smallest absolute Gasteiger partial charge is 0.310 e. The van der Waals surface area contributed by atoms with E-state index in [0.29, 0.717) is 10.9 Å². The maximum absolute atomic E-state index is 12.3. The Balaban J connectivity index is 2.36. The van der Waals surface area contributed by atoms with Gasteiger partial charge in [-0.3, -0.25) is 9.59 Å². The molecule has 0 fully saturated rings.